The third-order valence-electron chi connectivity index (χ3n) is 4.05. The molecule has 1 N–H and O–H groups in total. The van der Waals surface area contributed by atoms with E-state index in [-0.39, 0.29) is 12.3 Å². The number of benzene rings is 1. The molecule has 2 rings (SSSR count). The molecule has 0 bridgehead atoms. The van der Waals surface area contributed by atoms with E-state index in [2.05, 4.69) is 10.5 Å². The predicted octanol–water partition coefficient (Wildman–Crippen LogP) is 2.89. The molecule has 0 aliphatic heterocycles. The van der Waals surface area contributed by atoms with E-state index in [0.29, 0.717) is 23.7 Å². The van der Waals surface area contributed by atoms with Crippen molar-refractivity contribution in [2.24, 2.45) is 0 Å². The zero-order valence-electron chi connectivity index (χ0n) is 15.9. The number of nitrogens with zero attached hydrogens (tertiary/aromatic N) is 1. The maximum absolute atomic E-state index is 12.3. The van der Waals surface area contributed by atoms with Crippen LogP contribution in [-0.2, 0) is 16.1 Å². The van der Waals surface area contributed by atoms with E-state index in [0.717, 1.165) is 5.56 Å². The summed E-state index contributed by atoms with van der Waals surface area (Å²) in [5.41, 5.74) is 2.40. The summed E-state index contributed by atoms with van der Waals surface area (Å²) >= 11 is 1.58. The summed E-state index contributed by atoms with van der Waals surface area (Å²) in [7, 11) is 1.29. The second-order valence-corrected chi connectivity index (χ2v) is 7.03. The van der Waals surface area contributed by atoms with Crippen LogP contribution in [0.2, 0.25) is 0 Å². The Morgan fingerprint density at radius 3 is 2.70 bits per heavy atom. The van der Waals surface area contributed by atoms with Crippen molar-refractivity contribution in [2.75, 3.05) is 19.1 Å². The van der Waals surface area contributed by atoms with Crippen molar-refractivity contribution in [3.63, 3.8) is 0 Å². The Bertz CT molecular complexity index is 790. The van der Waals surface area contributed by atoms with E-state index in [9.17, 15) is 9.59 Å². The summed E-state index contributed by atoms with van der Waals surface area (Å²) in [4.78, 5) is 24.1. The van der Waals surface area contributed by atoms with E-state index in [1.54, 1.807) is 11.8 Å². The molecular formula is C19H24N2O5S. The normalized spacial score (nSPS) is 11.7. The van der Waals surface area contributed by atoms with Crippen LogP contribution in [0.4, 0.5) is 0 Å². The smallest absolute Gasteiger partial charge is 0.328 e. The number of carbonyl (C=O) groups is 2. The van der Waals surface area contributed by atoms with Crippen LogP contribution in [0.3, 0.4) is 0 Å². The molecule has 0 fully saturated rings. The van der Waals surface area contributed by atoms with Crippen molar-refractivity contribution in [3.05, 3.63) is 46.8 Å². The molecule has 146 valence electrons. The highest BCUT2D eigenvalue weighted by atomic mass is 32.2. The molecule has 2 aromatic rings. The second kappa shape index (κ2) is 10.0. The number of ether oxygens (including phenoxy) is 2. The maximum Gasteiger partial charge on any atom is 0.328 e. The summed E-state index contributed by atoms with van der Waals surface area (Å²) in [6.45, 7) is 4.19. The van der Waals surface area contributed by atoms with Crippen molar-refractivity contribution in [3.8, 4) is 5.75 Å². The molecular weight excluding hydrogens is 368 g/mol. The number of methoxy groups -OCH3 is 1. The number of carbonyl (C=O) groups excluding carboxylic acids is 2. The molecule has 1 aromatic heterocycles. The molecule has 1 amide bonds. The first-order valence-electron chi connectivity index (χ1n) is 8.48. The van der Waals surface area contributed by atoms with Gasteiger partial charge in [0.15, 0.2) is 11.5 Å². The number of aromatic nitrogens is 1. The fraction of sp³-hybridized carbons (Fsp3) is 0.421. The summed E-state index contributed by atoms with van der Waals surface area (Å²) in [6, 6.07) is 6.57. The Morgan fingerprint density at radius 2 is 2.04 bits per heavy atom. The Kier molecular flexibility index (Phi) is 7.72. The van der Waals surface area contributed by atoms with Gasteiger partial charge in [-0.15, -0.1) is 0 Å². The molecule has 0 saturated carbocycles. The van der Waals surface area contributed by atoms with E-state index in [4.69, 9.17) is 14.0 Å². The molecule has 7 nitrogen and oxygen atoms in total. The van der Waals surface area contributed by atoms with Gasteiger partial charge in [0.2, 0.25) is 0 Å². The summed E-state index contributed by atoms with van der Waals surface area (Å²) in [6.07, 6.45) is 2.40. The van der Waals surface area contributed by atoms with Gasteiger partial charge in [-0.3, -0.25) is 4.79 Å². The lowest BCUT2D eigenvalue weighted by molar-refractivity contribution is -0.142. The van der Waals surface area contributed by atoms with Crippen LogP contribution in [0.25, 0.3) is 0 Å². The highest BCUT2D eigenvalue weighted by molar-refractivity contribution is 7.98. The molecule has 8 heteroatoms. The first-order valence-corrected chi connectivity index (χ1v) is 9.87. The van der Waals surface area contributed by atoms with Crippen LogP contribution >= 0.6 is 11.8 Å². The van der Waals surface area contributed by atoms with Gasteiger partial charge in [-0.05, 0) is 55.5 Å². The molecule has 1 aromatic carbocycles. The van der Waals surface area contributed by atoms with E-state index < -0.39 is 17.9 Å². The van der Waals surface area contributed by atoms with Gasteiger partial charge in [0, 0.05) is 6.07 Å². The maximum atomic E-state index is 12.3. The highest BCUT2D eigenvalue weighted by Gasteiger charge is 2.23. The van der Waals surface area contributed by atoms with Gasteiger partial charge in [-0.25, -0.2) is 4.79 Å². The fourth-order valence-corrected chi connectivity index (χ4v) is 2.78. The van der Waals surface area contributed by atoms with Gasteiger partial charge in [-0.2, -0.15) is 11.8 Å². The average molecular weight is 392 g/mol. The van der Waals surface area contributed by atoms with Crippen LogP contribution in [0, 0.1) is 13.8 Å². The van der Waals surface area contributed by atoms with Crippen molar-refractivity contribution in [2.45, 2.75) is 32.9 Å². The number of amides is 1. The van der Waals surface area contributed by atoms with E-state index >= 15 is 0 Å². The molecule has 1 unspecified atom stereocenters. The lowest BCUT2D eigenvalue weighted by atomic mass is 10.1. The molecule has 0 saturated heterocycles. The van der Waals surface area contributed by atoms with Gasteiger partial charge >= 0.3 is 5.97 Å². The van der Waals surface area contributed by atoms with Crippen molar-refractivity contribution in [1.82, 2.24) is 10.5 Å². The van der Waals surface area contributed by atoms with Gasteiger partial charge in [-0.1, -0.05) is 11.2 Å². The Hall–Kier alpha value is -2.48. The zero-order chi connectivity index (χ0) is 19.8. The lowest BCUT2D eigenvalue weighted by Crippen LogP contribution is -2.42. The first-order chi connectivity index (χ1) is 12.9. The summed E-state index contributed by atoms with van der Waals surface area (Å²) in [5.74, 6) is 0.862. The minimum atomic E-state index is -0.720. The number of thioether (sulfide) groups is 1. The van der Waals surface area contributed by atoms with E-state index in [1.807, 2.05) is 38.3 Å². The predicted molar refractivity (Wildman–Crippen MR) is 103 cm³/mol. The molecule has 0 aliphatic rings. The molecule has 0 spiro atoms. The van der Waals surface area contributed by atoms with Crippen molar-refractivity contribution in [1.29, 1.82) is 0 Å². The number of aryl methyl sites for hydroxylation is 2. The average Bonchev–Trinajstić information content (AvgIpc) is 3.14. The SMILES string of the molecule is COC(=O)C(CCSC)NC(=O)c1cc(COc2ccc(C)c(C)c2)on1. The van der Waals surface area contributed by atoms with Gasteiger partial charge < -0.3 is 19.3 Å². The minimum absolute atomic E-state index is 0.0896. The topological polar surface area (TPSA) is 90.7 Å². The fourth-order valence-electron chi connectivity index (χ4n) is 2.31. The summed E-state index contributed by atoms with van der Waals surface area (Å²) < 4.78 is 15.6. The van der Waals surface area contributed by atoms with Gasteiger partial charge in [0.05, 0.1) is 7.11 Å². The first kappa shape index (κ1) is 20.8. The number of hydrogen-bond donors (Lipinski definition) is 1. The number of nitrogens with one attached hydrogen (secondary N) is 1. The van der Waals surface area contributed by atoms with E-state index in [1.165, 1.54) is 18.7 Å². The van der Waals surface area contributed by atoms with Crippen LogP contribution in [0.5, 0.6) is 5.75 Å². The highest BCUT2D eigenvalue weighted by Crippen LogP contribution is 2.18. The molecule has 0 aliphatic carbocycles. The quantitative estimate of drug-likeness (QED) is 0.656. The monoisotopic (exact) mass is 392 g/mol. The van der Waals surface area contributed by atoms with Crippen LogP contribution < -0.4 is 10.1 Å². The number of rotatable bonds is 9. The summed E-state index contributed by atoms with van der Waals surface area (Å²) in [5, 5.41) is 6.38. The third kappa shape index (κ3) is 6.02. The van der Waals surface area contributed by atoms with Gasteiger partial charge in [0.25, 0.3) is 5.91 Å². The Morgan fingerprint density at radius 1 is 1.26 bits per heavy atom. The van der Waals surface area contributed by atoms with Gasteiger partial charge in [0.1, 0.15) is 18.4 Å². The molecule has 1 heterocycles. The number of esters is 1. The molecule has 0 radical (unpaired) electrons. The van der Waals surface area contributed by atoms with Crippen molar-refractivity contribution < 1.29 is 23.6 Å². The largest absolute Gasteiger partial charge is 0.486 e. The minimum Gasteiger partial charge on any atom is -0.486 e. The molecule has 27 heavy (non-hydrogen) atoms. The molecule has 1 atom stereocenters. The number of hydrogen-bond acceptors (Lipinski definition) is 7. The Balaban J connectivity index is 1.95. The van der Waals surface area contributed by atoms with Crippen LogP contribution in [0.1, 0.15) is 33.8 Å². The van der Waals surface area contributed by atoms with Crippen LogP contribution in [0.15, 0.2) is 28.8 Å². The third-order valence-corrected chi connectivity index (χ3v) is 4.70. The van der Waals surface area contributed by atoms with Crippen LogP contribution in [-0.4, -0.2) is 42.2 Å². The zero-order valence-corrected chi connectivity index (χ0v) is 16.7. The second-order valence-electron chi connectivity index (χ2n) is 6.04. The lowest BCUT2D eigenvalue weighted by Gasteiger charge is -2.14. The van der Waals surface area contributed by atoms with Crippen molar-refractivity contribution >= 4 is 23.6 Å². The Labute approximate surface area is 162 Å². The standard InChI is InChI=1S/C19H24N2O5S/c1-12-5-6-14(9-13(12)2)25-11-15-10-17(21-26-15)18(22)20-16(7-8-27-4)19(23)24-3/h5-6,9-10,16H,7-8,11H2,1-4H3,(H,20,22).